The van der Waals surface area contributed by atoms with Crippen molar-refractivity contribution in [3.63, 3.8) is 0 Å². The van der Waals surface area contributed by atoms with Crippen molar-refractivity contribution in [2.24, 2.45) is 0 Å². The lowest BCUT2D eigenvalue weighted by atomic mass is 10.2. The summed E-state index contributed by atoms with van der Waals surface area (Å²) in [5.41, 5.74) is 1.11. The third-order valence-corrected chi connectivity index (χ3v) is 2.15. The Bertz CT molecular complexity index is 250. The van der Waals surface area contributed by atoms with E-state index in [0.717, 1.165) is 18.4 Å². The van der Waals surface area contributed by atoms with E-state index in [1.807, 2.05) is 12.1 Å². The molecule has 1 atom stereocenters. The predicted molar refractivity (Wildman–Crippen MR) is 48.2 cm³/mol. The van der Waals surface area contributed by atoms with Gasteiger partial charge in [0.1, 0.15) is 0 Å². The van der Waals surface area contributed by atoms with Gasteiger partial charge in [0.2, 0.25) is 0 Å². The Morgan fingerprint density at radius 2 is 2.42 bits per heavy atom. The third kappa shape index (κ3) is 3.59. The Labute approximate surface area is 74.1 Å². The normalized spacial score (nSPS) is 12.8. The van der Waals surface area contributed by atoms with E-state index in [0.29, 0.717) is 5.75 Å². The minimum atomic E-state index is -1.66. The van der Waals surface area contributed by atoms with Crippen LogP contribution in [0.2, 0.25) is 0 Å². The average molecular weight is 185 g/mol. The molecule has 3 nitrogen and oxygen atoms in total. The fraction of sp³-hybridized carbons (Fsp3) is 0.375. The number of hydrogen-bond acceptors (Lipinski definition) is 2. The summed E-state index contributed by atoms with van der Waals surface area (Å²) in [6.45, 7) is 0. The smallest absolute Gasteiger partial charge is 0.152 e. The highest BCUT2D eigenvalue weighted by atomic mass is 32.2. The Morgan fingerprint density at radius 3 is 3.00 bits per heavy atom. The molecule has 1 N–H and O–H groups in total. The molecule has 4 heteroatoms. The first-order valence-electron chi connectivity index (χ1n) is 3.75. The number of aryl methyl sites for hydroxylation is 1. The molecule has 0 spiro atoms. The summed E-state index contributed by atoms with van der Waals surface area (Å²) in [6, 6.07) is 3.83. The Morgan fingerprint density at radius 1 is 1.58 bits per heavy atom. The van der Waals surface area contributed by atoms with E-state index in [1.165, 1.54) is 0 Å². The van der Waals surface area contributed by atoms with Crippen LogP contribution in [0.5, 0.6) is 0 Å². The Balaban J connectivity index is 2.29. The molecule has 0 aliphatic carbocycles. The lowest BCUT2D eigenvalue weighted by Crippen LogP contribution is -1.97. The second-order valence-electron chi connectivity index (χ2n) is 2.49. The SMILES string of the molecule is O=S(O)CCCc1cccnc1. The fourth-order valence-corrected chi connectivity index (χ4v) is 1.34. The summed E-state index contributed by atoms with van der Waals surface area (Å²) in [6.07, 6.45) is 5.04. The minimum Gasteiger partial charge on any atom is -0.306 e. The summed E-state index contributed by atoms with van der Waals surface area (Å²) >= 11 is -1.66. The van der Waals surface area contributed by atoms with Gasteiger partial charge in [-0.1, -0.05) is 6.07 Å². The van der Waals surface area contributed by atoms with Gasteiger partial charge in [-0.25, -0.2) is 4.21 Å². The monoisotopic (exact) mass is 185 g/mol. The molecule has 1 aromatic rings. The quantitative estimate of drug-likeness (QED) is 0.718. The minimum absolute atomic E-state index is 0.342. The van der Waals surface area contributed by atoms with E-state index >= 15 is 0 Å². The van der Waals surface area contributed by atoms with Crippen LogP contribution in [-0.4, -0.2) is 19.5 Å². The molecule has 1 rings (SSSR count). The summed E-state index contributed by atoms with van der Waals surface area (Å²) < 4.78 is 18.8. The third-order valence-electron chi connectivity index (χ3n) is 1.51. The van der Waals surface area contributed by atoms with E-state index in [2.05, 4.69) is 4.98 Å². The first kappa shape index (κ1) is 9.35. The molecule has 0 radical (unpaired) electrons. The lowest BCUT2D eigenvalue weighted by molar-refractivity contribution is 0.561. The van der Waals surface area contributed by atoms with Crippen LogP contribution in [0, 0.1) is 0 Å². The first-order chi connectivity index (χ1) is 5.79. The molecule has 12 heavy (non-hydrogen) atoms. The van der Waals surface area contributed by atoms with Gasteiger partial charge in [-0.05, 0) is 24.5 Å². The largest absolute Gasteiger partial charge is 0.306 e. The van der Waals surface area contributed by atoms with Crippen molar-refractivity contribution in [2.45, 2.75) is 12.8 Å². The van der Waals surface area contributed by atoms with Crippen LogP contribution in [0.15, 0.2) is 24.5 Å². The zero-order valence-electron chi connectivity index (χ0n) is 6.64. The molecular formula is C8H11NO2S. The average Bonchev–Trinajstić information content (AvgIpc) is 2.05. The standard InChI is InChI=1S/C8H11NO2S/c10-12(11)6-2-4-8-3-1-5-9-7-8/h1,3,5,7H,2,4,6H2,(H,10,11). The molecule has 0 amide bonds. The van der Waals surface area contributed by atoms with Crippen molar-refractivity contribution in [3.8, 4) is 0 Å². The van der Waals surface area contributed by atoms with Gasteiger partial charge in [-0.3, -0.25) is 4.98 Å². The molecule has 0 aliphatic rings. The highest BCUT2D eigenvalue weighted by molar-refractivity contribution is 7.79. The number of aromatic nitrogens is 1. The molecule has 0 fully saturated rings. The predicted octanol–water partition coefficient (Wildman–Crippen LogP) is 1.24. The van der Waals surface area contributed by atoms with Crippen molar-refractivity contribution in [1.82, 2.24) is 4.98 Å². The topological polar surface area (TPSA) is 50.2 Å². The highest BCUT2D eigenvalue weighted by Crippen LogP contribution is 2.00. The van der Waals surface area contributed by atoms with Crippen molar-refractivity contribution in [1.29, 1.82) is 0 Å². The molecule has 0 saturated carbocycles. The van der Waals surface area contributed by atoms with Crippen molar-refractivity contribution < 1.29 is 8.76 Å². The molecule has 66 valence electrons. The van der Waals surface area contributed by atoms with Gasteiger partial charge < -0.3 is 4.55 Å². The molecular weight excluding hydrogens is 174 g/mol. The van der Waals surface area contributed by atoms with Crippen LogP contribution in [0.25, 0.3) is 0 Å². The lowest BCUT2D eigenvalue weighted by Gasteiger charge is -1.97. The molecule has 0 aromatic carbocycles. The molecule has 0 aliphatic heterocycles. The van der Waals surface area contributed by atoms with Crippen LogP contribution in [0.3, 0.4) is 0 Å². The van der Waals surface area contributed by atoms with Crippen molar-refractivity contribution in [2.75, 3.05) is 5.75 Å². The van der Waals surface area contributed by atoms with Crippen LogP contribution in [-0.2, 0) is 17.5 Å². The Hall–Kier alpha value is -0.740. The number of pyridine rings is 1. The maximum atomic E-state index is 10.3. The number of nitrogens with zero attached hydrogens (tertiary/aromatic N) is 1. The van der Waals surface area contributed by atoms with Crippen molar-refractivity contribution in [3.05, 3.63) is 30.1 Å². The van der Waals surface area contributed by atoms with Crippen molar-refractivity contribution >= 4 is 11.1 Å². The zero-order chi connectivity index (χ0) is 8.81. The van der Waals surface area contributed by atoms with E-state index < -0.39 is 11.1 Å². The fourth-order valence-electron chi connectivity index (χ4n) is 0.946. The highest BCUT2D eigenvalue weighted by Gasteiger charge is 1.95. The summed E-state index contributed by atoms with van der Waals surface area (Å²) in [5, 5.41) is 0. The van der Waals surface area contributed by atoms with Crippen LogP contribution in [0.1, 0.15) is 12.0 Å². The van der Waals surface area contributed by atoms with Crippen LogP contribution >= 0.6 is 0 Å². The van der Waals surface area contributed by atoms with Crippen LogP contribution in [0.4, 0.5) is 0 Å². The maximum Gasteiger partial charge on any atom is 0.152 e. The van der Waals surface area contributed by atoms with Gasteiger partial charge in [0.15, 0.2) is 11.1 Å². The van der Waals surface area contributed by atoms with Gasteiger partial charge >= 0.3 is 0 Å². The van der Waals surface area contributed by atoms with Gasteiger partial charge in [-0.2, -0.15) is 0 Å². The van der Waals surface area contributed by atoms with E-state index in [-0.39, 0.29) is 0 Å². The zero-order valence-corrected chi connectivity index (χ0v) is 7.46. The molecule has 0 saturated heterocycles. The number of rotatable bonds is 4. The van der Waals surface area contributed by atoms with Gasteiger partial charge in [0.25, 0.3) is 0 Å². The second kappa shape index (κ2) is 5.00. The van der Waals surface area contributed by atoms with E-state index in [4.69, 9.17) is 4.55 Å². The van der Waals surface area contributed by atoms with Gasteiger partial charge in [0.05, 0.1) is 0 Å². The van der Waals surface area contributed by atoms with Gasteiger partial charge in [0, 0.05) is 18.1 Å². The summed E-state index contributed by atoms with van der Waals surface area (Å²) in [7, 11) is 0. The molecule has 1 heterocycles. The summed E-state index contributed by atoms with van der Waals surface area (Å²) in [4.78, 5) is 3.94. The maximum absolute atomic E-state index is 10.3. The second-order valence-corrected chi connectivity index (χ2v) is 3.54. The molecule has 1 unspecified atom stereocenters. The summed E-state index contributed by atoms with van der Waals surface area (Å²) in [5.74, 6) is 0.342. The molecule has 1 aromatic heterocycles. The van der Waals surface area contributed by atoms with Crippen LogP contribution < -0.4 is 0 Å². The Kier molecular flexibility index (Phi) is 3.90. The molecule has 0 bridgehead atoms. The van der Waals surface area contributed by atoms with Gasteiger partial charge in [-0.15, -0.1) is 0 Å². The first-order valence-corrected chi connectivity index (χ1v) is 5.03. The number of hydrogen-bond donors (Lipinski definition) is 1. The van der Waals surface area contributed by atoms with E-state index in [1.54, 1.807) is 12.4 Å². The van der Waals surface area contributed by atoms with E-state index in [9.17, 15) is 4.21 Å².